The van der Waals surface area contributed by atoms with Crippen molar-refractivity contribution < 1.29 is 9.18 Å². The van der Waals surface area contributed by atoms with Gasteiger partial charge in [0.15, 0.2) is 0 Å². The molecule has 0 saturated carbocycles. The molecule has 126 valence electrons. The van der Waals surface area contributed by atoms with Crippen LogP contribution in [0.5, 0.6) is 0 Å². The number of carbonyl (C=O) groups is 1. The molecule has 1 aliphatic heterocycles. The van der Waals surface area contributed by atoms with E-state index in [1.165, 1.54) is 6.07 Å². The molecule has 0 saturated heterocycles. The van der Waals surface area contributed by atoms with Crippen molar-refractivity contribution in [2.24, 2.45) is 0 Å². The minimum absolute atomic E-state index is 0.144. The molecule has 0 unspecified atom stereocenters. The SMILES string of the molecule is O=C1C[C@H](c2c(F)cccc2Cl)c2cnn(Cc3ccccc3)c2N1. The number of hydrogen-bond acceptors (Lipinski definition) is 2. The van der Waals surface area contributed by atoms with Crippen LogP contribution < -0.4 is 5.32 Å². The van der Waals surface area contributed by atoms with Crippen molar-refractivity contribution in [3.05, 3.63) is 82.3 Å². The van der Waals surface area contributed by atoms with E-state index in [9.17, 15) is 9.18 Å². The third-order valence-corrected chi connectivity index (χ3v) is 4.74. The van der Waals surface area contributed by atoms with Gasteiger partial charge in [0.1, 0.15) is 11.6 Å². The molecule has 0 spiro atoms. The largest absolute Gasteiger partial charge is 0.311 e. The van der Waals surface area contributed by atoms with E-state index in [4.69, 9.17) is 11.6 Å². The molecular formula is C19H15ClFN3O. The van der Waals surface area contributed by atoms with Crippen molar-refractivity contribution in [3.63, 3.8) is 0 Å². The van der Waals surface area contributed by atoms with Crippen molar-refractivity contribution in [2.45, 2.75) is 18.9 Å². The van der Waals surface area contributed by atoms with E-state index in [0.717, 1.165) is 11.1 Å². The van der Waals surface area contributed by atoms with Crippen molar-refractivity contribution >= 4 is 23.3 Å². The van der Waals surface area contributed by atoms with Gasteiger partial charge in [-0.2, -0.15) is 5.10 Å². The Morgan fingerprint density at radius 2 is 2.00 bits per heavy atom. The predicted molar refractivity (Wildman–Crippen MR) is 94.3 cm³/mol. The summed E-state index contributed by atoms with van der Waals surface area (Å²) in [6.07, 6.45) is 1.83. The molecule has 1 aliphatic rings. The zero-order chi connectivity index (χ0) is 17.4. The van der Waals surface area contributed by atoms with Crippen LogP contribution in [-0.4, -0.2) is 15.7 Å². The van der Waals surface area contributed by atoms with Crippen molar-refractivity contribution in [2.75, 3.05) is 5.32 Å². The molecule has 0 fully saturated rings. The van der Waals surface area contributed by atoms with Gasteiger partial charge in [0, 0.05) is 28.5 Å². The predicted octanol–water partition coefficient (Wildman–Crippen LogP) is 4.20. The quantitative estimate of drug-likeness (QED) is 0.765. The lowest BCUT2D eigenvalue weighted by atomic mass is 9.87. The summed E-state index contributed by atoms with van der Waals surface area (Å²) in [5, 5.41) is 7.58. The Hall–Kier alpha value is -2.66. The van der Waals surface area contributed by atoms with Crippen molar-refractivity contribution in [1.82, 2.24) is 9.78 Å². The van der Waals surface area contributed by atoms with Gasteiger partial charge >= 0.3 is 0 Å². The van der Waals surface area contributed by atoms with E-state index < -0.39 is 11.7 Å². The van der Waals surface area contributed by atoms with E-state index in [2.05, 4.69) is 10.4 Å². The summed E-state index contributed by atoms with van der Waals surface area (Å²) in [5.74, 6) is -0.424. The summed E-state index contributed by atoms with van der Waals surface area (Å²) in [4.78, 5) is 12.2. The summed E-state index contributed by atoms with van der Waals surface area (Å²) in [6.45, 7) is 0.522. The Labute approximate surface area is 149 Å². The Kier molecular flexibility index (Phi) is 4.01. The van der Waals surface area contributed by atoms with E-state index in [-0.39, 0.29) is 12.3 Å². The number of rotatable bonds is 3. The highest BCUT2D eigenvalue weighted by molar-refractivity contribution is 6.31. The molecule has 2 heterocycles. The minimum Gasteiger partial charge on any atom is -0.311 e. The number of aromatic nitrogens is 2. The Morgan fingerprint density at radius 3 is 2.76 bits per heavy atom. The molecule has 4 nitrogen and oxygen atoms in total. The van der Waals surface area contributed by atoms with Gasteiger partial charge in [0.05, 0.1) is 12.7 Å². The maximum absolute atomic E-state index is 14.4. The van der Waals surface area contributed by atoms with Crippen LogP contribution in [0.25, 0.3) is 0 Å². The second-order valence-electron chi connectivity index (χ2n) is 6.03. The third-order valence-electron chi connectivity index (χ3n) is 4.41. The van der Waals surface area contributed by atoms with Crippen LogP contribution in [0.15, 0.2) is 54.7 Å². The first-order valence-electron chi connectivity index (χ1n) is 7.97. The van der Waals surface area contributed by atoms with Gasteiger partial charge in [-0.25, -0.2) is 9.07 Å². The van der Waals surface area contributed by atoms with Gasteiger partial charge in [0.25, 0.3) is 0 Å². The van der Waals surface area contributed by atoms with Crippen LogP contribution >= 0.6 is 11.6 Å². The molecule has 1 aromatic heterocycles. The first kappa shape index (κ1) is 15.8. The molecule has 2 aromatic carbocycles. The summed E-state index contributed by atoms with van der Waals surface area (Å²) < 4.78 is 16.1. The van der Waals surface area contributed by atoms with Crippen LogP contribution in [0.3, 0.4) is 0 Å². The highest BCUT2D eigenvalue weighted by atomic mass is 35.5. The zero-order valence-corrected chi connectivity index (χ0v) is 14.0. The number of hydrogen-bond donors (Lipinski definition) is 1. The van der Waals surface area contributed by atoms with Crippen molar-refractivity contribution in [1.29, 1.82) is 0 Å². The summed E-state index contributed by atoms with van der Waals surface area (Å²) >= 11 is 6.21. The molecule has 1 atom stereocenters. The third kappa shape index (κ3) is 2.91. The Morgan fingerprint density at radius 1 is 1.20 bits per heavy atom. The number of anilines is 1. The summed E-state index contributed by atoms with van der Waals surface area (Å²) in [7, 11) is 0. The number of nitrogens with one attached hydrogen (secondary N) is 1. The highest BCUT2D eigenvalue weighted by Crippen LogP contribution is 2.40. The Bertz CT molecular complexity index is 919. The van der Waals surface area contributed by atoms with Gasteiger partial charge in [0.2, 0.25) is 5.91 Å². The topological polar surface area (TPSA) is 46.9 Å². The number of fused-ring (bicyclic) bond motifs is 1. The lowest BCUT2D eigenvalue weighted by Crippen LogP contribution is -2.25. The average molecular weight is 356 g/mol. The van der Waals surface area contributed by atoms with Gasteiger partial charge in [-0.05, 0) is 17.7 Å². The number of benzene rings is 2. The highest BCUT2D eigenvalue weighted by Gasteiger charge is 2.32. The molecule has 4 rings (SSSR count). The second-order valence-corrected chi connectivity index (χ2v) is 6.44. The number of halogens is 2. The van der Waals surface area contributed by atoms with Crippen molar-refractivity contribution in [3.8, 4) is 0 Å². The first-order chi connectivity index (χ1) is 12.1. The molecule has 0 bridgehead atoms. The van der Waals surface area contributed by atoms with Crippen LogP contribution in [0, 0.1) is 5.82 Å². The van der Waals surface area contributed by atoms with E-state index >= 15 is 0 Å². The fourth-order valence-corrected chi connectivity index (χ4v) is 3.54. The van der Waals surface area contributed by atoms with E-state index in [1.54, 1.807) is 23.0 Å². The maximum atomic E-state index is 14.4. The minimum atomic E-state index is -0.443. The number of amides is 1. The molecule has 3 aromatic rings. The van der Waals surface area contributed by atoms with Crippen LogP contribution in [0.1, 0.15) is 29.0 Å². The van der Waals surface area contributed by atoms with E-state index in [0.29, 0.717) is 22.9 Å². The number of nitrogens with zero attached hydrogens (tertiary/aromatic N) is 2. The van der Waals surface area contributed by atoms with Crippen LogP contribution in [0.2, 0.25) is 5.02 Å². The van der Waals surface area contributed by atoms with Gasteiger partial charge in [-0.1, -0.05) is 48.0 Å². The fraction of sp³-hybridized carbons (Fsp3) is 0.158. The van der Waals surface area contributed by atoms with Gasteiger partial charge < -0.3 is 5.32 Å². The first-order valence-corrected chi connectivity index (χ1v) is 8.34. The van der Waals surface area contributed by atoms with Gasteiger partial charge in [-0.3, -0.25) is 4.79 Å². The zero-order valence-electron chi connectivity index (χ0n) is 13.2. The molecular weight excluding hydrogens is 341 g/mol. The standard InChI is InChI=1S/C19H15ClFN3O/c20-15-7-4-8-16(21)18(15)13-9-17(25)23-19-14(13)10-22-24(19)11-12-5-2-1-3-6-12/h1-8,10,13H,9,11H2,(H,23,25)/t13-/m0/s1. The lowest BCUT2D eigenvalue weighted by Gasteiger charge is -2.24. The van der Waals surface area contributed by atoms with E-state index in [1.807, 2.05) is 30.3 Å². The fourth-order valence-electron chi connectivity index (χ4n) is 3.25. The molecule has 1 N–H and O–H groups in total. The monoisotopic (exact) mass is 355 g/mol. The van der Waals surface area contributed by atoms with Gasteiger partial charge in [-0.15, -0.1) is 0 Å². The molecule has 6 heteroatoms. The summed E-state index contributed by atoms with van der Waals surface area (Å²) in [6, 6.07) is 14.4. The lowest BCUT2D eigenvalue weighted by molar-refractivity contribution is -0.116. The average Bonchev–Trinajstić information content (AvgIpc) is 2.98. The Balaban J connectivity index is 1.77. The molecule has 0 radical (unpaired) electrons. The van der Waals surface area contributed by atoms with Crippen LogP contribution in [0.4, 0.5) is 10.2 Å². The molecule has 25 heavy (non-hydrogen) atoms. The second kappa shape index (κ2) is 6.33. The molecule has 0 aliphatic carbocycles. The normalized spacial score (nSPS) is 16.4. The summed E-state index contributed by atoms with van der Waals surface area (Å²) in [5.41, 5.74) is 2.19. The number of carbonyl (C=O) groups excluding carboxylic acids is 1. The maximum Gasteiger partial charge on any atom is 0.226 e. The van der Waals surface area contributed by atoms with Crippen LogP contribution in [-0.2, 0) is 11.3 Å². The smallest absolute Gasteiger partial charge is 0.226 e. The molecule has 1 amide bonds.